The molecule has 3 aromatic rings. The summed E-state index contributed by atoms with van der Waals surface area (Å²) < 4.78 is 11.6. The highest BCUT2D eigenvalue weighted by Crippen LogP contribution is 2.25. The van der Waals surface area contributed by atoms with Gasteiger partial charge in [0, 0.05) is 17.7 Å². The van der Waals surface area contributed by atoms with Crippen molar-refractivity contribution in [3.05, 3.63) is 34.8 Å². The van der Waals surface area contributed by atoms with E-state index in [9.17, 15) is 4.79 Å². The second kappa shape index (κ2) is 4.01. The Morgan fingerprint density at radius 1 is 1.32 bits per heavy atom. The summed E-state index contributed by atoms with van der Waals surface area (Å²) in [5.41, 5.74) is 8.25. The SMILES string of the molecule is CC(C)n1c(=O)oc2ccc(-c3cc(N)on3)cc21. The zero-order valence-electron chi connectivity index (χ0n) is 10.6. The van der Waals surface area contributed by atoms with Crippen LogP contribution in [0.5, 0.6) is 0 Å². The highest BCUT2D eigenvalue weighted by molar-refractivity contribution is 5.80. The third-order valence-corrected chi connectivity index (χ3v) is 2.95. The molecule has 0 aliphatic rings. The van der Waals surface area contributed by atoms with Crippen LogP contribution in [-0.2, 0) is 0 Å². The van der Waals surface area contributed by atoms with Gasteiger partial charge in [-0.15, -0.1) is 0 Å². The van der Waals surface area contributed by atoms with E-state index in [1.165, 1.54) is 0 Å². The smallest absolute Gasteiger partial charge is 0.408 e. The summed E-state index contributed by atoms with van der Waals surface area (Å²) in [6.07, 6.45) is 0. The zero-order chi connectivity index (χ0) is 13.6. The number of hydrogen-bond acceptors (Lipinski definition) is 5. The molecule has 3 rings (SSSR count). The normalized spacial score (nSPS) is 11.5. The van der Waals surface area contributed by atoms with E-state index >= 15 is 0 Å². The first-order chi connectivity index (χ1) is 9.06. The third kappa shape index (κ3) is 1.81. The van der Waals surface area contributed by atoms with Crippen molar-refractivity contribution in [3.63, 3.8) is 0 Å². The van der Waals surface area contributed by atoms with E-state index in [0.717, 1.165) is 11.1 Å². The molecule has 0 atom stereocenters. The Balaban J connectivity index is 2.25. The number of oxazole rings is 1. The quantitative estimate of drug-likeness (QED) is 0.763. The van der Waals surface area contributed by atoms with Crippen LogP contribution in [0.3, 0.4) is 0 Å². The summed E-state index contributed by atoms with van der Waals surface area (Å²) in [5, 5.41) is 3.86. The van der Waals surface area contributed by atoms with Gasteiger partial charge in [0.2, 0.25) is 5.88 Å². The number of fused-ring (bicyclic) bond motifs is 1. The van der Waals surface area contributed by atoms with E-state index in [1.54, 1.807) is 16.7 Å². The van der Waals surface area contributed by atoms with Crippen LogP contribution < -0.4 is 11.5 Å². The van der Waals surface area contributed by atoms with Gasteiger partial charge in [0.15, 0.2) is 5.58 Å². The first kappa shape index (κ1) is 11.6. The third-order valence-electron chi connectivity index (χ3n) is 2.95. The number of hydrogen-bond donors (Lipinski definition) is 1. The number of aromatic nitrogens is 2. The number of nitrogens with two attached hydrogens (primary N) is 1. The van der Waals surface area contributed by atoms with Gasteiger partial charge in [-0.1, -0.05) is 5.16 Å². The van der Waals surface area contributed by atoms with Crippen LogP contribution in [0, 0.1) is 0 Å². The number of nitrogens with zero attached hydrogens (tertiary/aromatic N) is 2. The Bertz CT molecular complexity index is 795. The van der Waals surface area contributed by atoms with E-state index in [-0.39, 0.29) is 17.7 Å². The molecule has 0 radical (unpaired) electrons. The van der Waals surface area contributed by atoms with Crippen molar-refractivity contribution in [3.8, 4) is 11.3 Å². The maximum Gasteiger partial charge on any atom is 0.420 e. The van der Waals surface area contributed by atoms with Gasteiger partial charge in [0.05, 0.1) is 5.52 Å². The van der Waals surface area contributed by atoms with Crippen molar-refractivity contribution in [2.45, 2.75) is 19.9 Å². The lowest BCUT2D eigenvalue weighted by atomic mass is 10.1. The van der Waals surface area contributed by atoms with Crippen LogP contribution >= 0.6 is 0 Å². The molecule has 0 bridgehead atoms. The van der Waals surface area contributed by atoms with Gasteiger partial charge < -0.3 is 14.7 Å². The highest BCUT2D eigenvalue weighted by Gasteiger charge is 2.14. The predicted octanol–water partition coefficient (Wildman–Crippen LogP) is 2.41. The molecule has 0 saturated carbocycles. The Labute approximate surface area is 108 Å². The summed E-state index contributed by atoms with van der Waals surface area (Å²) >= 11 is 0. The van der Waals surface area contributed by atoms with Crippen LogP contribution in [0.25, 0.3) is 22.4 Å². The molecule has 0 spiro atoms. The van der Waals surface area contributed by atoms with Crippen molar-refractivity contribution >= 4 is 17.0 Å². The molecule has 98 valence electrons. The van der Waals surface area contributed by atoms with Crippen LogP contribution in [0.2, 0.25) is 0 Å². The molecule has 2 heterocycles. The minimum atomic E-state index is -0.359. The lowest BCUT2D eigenvalue weighted by Gasteiger charge is -2.05. The number of nitrogen functional groups attached to an aromatic ring is 1. The molecule has 1 aromatic carbocycles. The van der Waals surface area contributed by atoms with Crippen molar-refractivity contribution in [2.24, 2.45) is 0 Å². The average molecular weight is 259 g/mol. The summed E-state index contributed by atoms with van der Waals surface area (Å²) in [4.78, 5) is 11.8. The Kier molecular flexibility index (Phi) is 2.45. The van der Waals surface area contributed by atoms with E-state index in [2.05, 4.69) is 5.16 Å². The van der Waals surface area contributed by atoms with Crippen LogP contribution in [0.15, 0.2) is 38.0 Å². The largest absolute Gasteiger partial charge is 0.420 e. The van der Waals surface area contributed by atoms with E-state index in [0.29, 0.717) is 11.3 Å². The molecule has 2 aromatic heterocycles. The van der Waals surface area contributed by atoms with Gasteiger partial charge in [0.25, 0.3) is 0 Å². The average Bonchev–Trinajstić information content (AvgIpc) is 2.90. The van der Waals surface area contributed by atoms with E-state index in [1.807, 2.05) is 26.0 Å². The summed E-state index contributed by atoms with van der Waals surface area (Å²) in [7, 11) is 0. The first-order valence-corrected chi connectivity index (χ1v) is 5.94. The van der Waals surface area contributed by atoms with Crippen molar-refractivity contribution in [1.29, 1.82) is 0 Å². The van der Waals surface area contributed by atoms with Crippen LogP contribution in [0.1, 0.15) is 19.9 Å². The Morgan fingerprint density at radius 2 is 2.11 bits per heavy atom. The lowest BCUT2D eigenvalue weighted by molar-refractivity contribution is 0.439. The van der Waals surface area contributed by atoms with Crippen molar-refractivity contribution in [1.82, 2.24) is 9.72 Å². The van der Waals surface area contributed by atoms with E-state index in [4.69, 9.17) is 14.7 Å². The Hall–Kier alpha value is -2.50. The van der Waals surface area contributed by atoms with Crippen molar-refractivity contribution < 1.29 is 8.94 Å². The number of benzene rings is 1. The maximum absolute atomic E-state index is 11.8. The molecule has 0 amide bonds. The van der Waals surface area contributed by atoms with Crippen molar-refractivity contribution in [2.75, 3.05) is 5.73 Å². The molecule has 0 unspecified atom stereocenters. The highest BCUT2D eigenvalue weighted by atomic mass is 16.5. The van der Waals surface area contributed by atoms with Crippen LogP contribution in [0.4, 0.5) is 5.88 Å². The maximum atomic E-state index is 11.8. The fraction of sp³-hybridized carbons (Fsp3) is 0.231. The van der Waals surface area contributed by atoms with E-state index < -0.39 is 0 Å². The van der Waals surface area contributed by atoms with Gasteiger partial charge in [0.1, 0.15) is 5.69 Å². The van der Waals surface area contributed by atoms with Gasteiger partial charge in [-0.25, -0.2) is 4.79 Å². The monoisotopic (exact) mass is 259 g/mol. The number of anilines is 1. The molecule has 0 fully saturated rings. The summed E-state index contributed by atoms with van der Waals surface area (Å²) in [6.45, 7) is 3.86. The molecule has 2 N–H and O–H groups in total. The summed E-state index contributed by atoms with van der Waals surface area (Å²) in [6, 6.07) is 7.06. The first-order valence-electron chi connectivity index (χ1n) is 5.94. The minimum absolute atomic E-state index is 0.0198. The Morgan fingerprint density at radius 3 is 2.74 bits per heavy atom. The van der Waals surface area contributed by atoms with Gasteiger partial charge in [-0.3, -0.25) is 4.57 Å². The molecule has 6 nitrogen and oxygen atoms in total. The van der Waals surface area contributed by atoms with Crippen LogP contribution in [-0.4, -0.2) is 9.72 Å². The topological polar surface area (TPSA) is 87.2 Å². The molecule has 0 aliphatic heterocycles. The summed E-state index contributed by atoms with van der Waals surface area (Å²) in [5.74, 6) is -0.106. The molecule has 0 saturated heterocycles. The zero-order valence-corrected chi connectivity index (χ0v) is 10.6. The van der Waals surface area contributed by atoms with Gasteiger partial charge in [-0.05, 0) is 32.0 Å². The predicted molar refractivity (Wildman–Crippen MR) is 70.8 cm³/mol. The number of rotatable bonds is 2. The molecule has 19 heavy (non-hydrogen) atoms. The molecule has 0 aliphatic carbocycles. The molecular formula is C13H13N3O3. The lowest BCUT2D eigenvalue weighted by Crippen LogP contribution is -2.15. The fourth-order valence-electron chi connectivity index (χ4n) is 2.11. The van der Waals surface area contributed by atoms with Gasteiger partial charge in [-0.2, -0.15) is 0 Å². The standard InChI is InChI=1S/C13H13N3O3/c1-7(2)16-10-5-8(9-6-12(14)19-15-9)3-4-11(10)18-13(16)17/h3-7H,14H2,1-2H3. The fourth-order valence-corrected chi connectivity index (χ4v) is 2.11. The van der Waals surface area contributed by atoms with Gasteiger partial charge >= 0.3 is 5.76 Å². The molecular weight excluding hydrogens is 246 g/mol. The second-order valence-electron chi connectivity index (χ2n) is 4.63. The second-order valence-corrected chi connectivity index (χ2v) is 4.63. The minimum Gasteiger partial charge on any atom is -0.408 e. The molecule has 6 heteroatoms.